The molecule has 0 unspecified atom stereocenters. The standard InChI is InChI=1S/C11H18BrN3/c1-4-15(3)8-7-13-11-6-5-10(12)9(2)14-11/h5-6H,4,7-8H2,1-3H3,(H,13,14). The average Bonchev–Trinajstić information content (AvgIpc) is 2.23. The van der Waals surface area contributed by atoms with E-state index in [0.717, 1.165) is 35.6 Å². The van der Waals surface area contributed by atoms with Crippen molar-refractivity contribution in [1.82, 2.24) is 9.88 Å². The highest BCUT2D eigenvalue weighted by molar-refractivity contribution is 9.10. The van der Waals surface area contributed by atoms with Crippen molar-refractivity contribution in [3.8, 4) is 0 Å². The van der Waals surface area contributed by atoms with Crippen LogP contribution >= 0.6 is 15.9 Å². The summed E-state index contributed by atoms with van der Waals surface area (Å²) >= 11 is 3.43. The molecule has 0 spiro atoms. The number of nitrogens with one attached hydrogen (secondary N) is 1. The van der Waals surface area contributed by atoms with Gasteiger partial charge in [0.25, 0.3) is 0 Å². The summed E-state index contributed by atoms with van der Waals surface area (Å²) in [7, 11) is 2.11. The van der Waals surface area contributed by atoms with Crippen molar-refractivity contribution in [2.24, 2.45) is 0 Å². The largest absolute Gasteiger partial charge is 0.369 e. The van der Waals surface area contributed by atoms with E-state index in [0.29, 0.717) is 0 Å². The van der Waals surface area contributed by atoms with E-state index in [-0.39, 0.29) is 0 Å². The van der Waals surface area contributed by atoms with Crippen molar-refractivity contribution in [3.63, 3.8) is 0 Å². The first-order chi connectivity index (χ1) is 7.13. The van der Waals surface area contributed by atoms with Crippen LogP contribution in [0.5, 0.6) is 0 Å². The molecule has 3 nitrogen and oxygen atoms in total. The second kappa shape index (κ2) is 6.08. The van der Waals surface area contributed by atoms with Crippen LogP contribution in [0.4, 0.5) is 5.82 Å². The van der Waals surface area contributed by atoms with Gasteiger partial charge in [0.05, 0.1) is 5.69 Å². The smallest absolute Gasteiger partial charge is 0.126 e. The lowest BCUT2D eigenvalue weighted by Crippen LogP contribution is -2.24. The molecule has 1 N–H and O–H groups in total. The van der Waals surface area contributed by atoms with Gasteiger partial charge in [0.1, 0.15) is 5.82 Å². The molecule has 15 heavy (non-hydrogen) atoms. The fourth-order valence-electron chi connectivity index (χ4n) is 1.18. The molecule has 1 heterocycles. The van der Waals surface area contributed by atoms with Crippen molar-refractivity contribution in [2.45, 2.75) is 13.8 Å². The van der Waals surface area contributed by atoms with Crippen molar-refractivity contribution < 1.29 is 0 Å². The van der Waals surface area contributed by atoms with Crippen LogP contribution in [0.1, 0.15) is 12.6 Å². The first-order valence-corrected chi connectivity index (χ1v) is 5.98. The molecule has 0 saturated heterocycles. The molecule has 0 aliphatic heterocycles. The highest BCUT2D eigenvalue weighted by Gasteiger charge is 1.99. The van der Waals surface area contributed by atoms with Crippen LogP contribution in [-0.2, 0) is 0 Å². The average molecular weight is 272 g/mol. The number of aromatic nitrogens is 1. The molecule has 0 amide bonds. The van der Waals surface area contributed by atoms with E-state index in [1.165, 1.54) is 0 Å². The molecular weight excluding hydrogens is 254 g/mol. The lowest BCUT2D eigenvalue weighted by Gasteiger charge is -2.14. The fraction of sp³-hybridized carbons (Fsp3) is 0.545. The minimum atomic E-state index is 0.929. The van der Waals surface area contributed by atoms with Crippen LogP contribution in [-0.4, -0.2) is 36.6 Å². The monoisotopic (exact) mass is 271 g/mol. The van der Waals surface area contributed by atoms with E-state index in [4.69, 9.17) is 0 Å². The Morgan fingerprint density at radius 1 is 1.47 bits per heavy atom. The van der Waals surface area contributed by atoms with E-state index >= 15 is 0 Å². The normalized spacial score (nSPS) is 10.7. The van der Waals surface area contributed by atoms with Gasteiger partial charge in [-0.2, -0.15) is 0 Å². The predicted molar refractivity (Wildman–Crippen MR) is 68.3 cm³/mol. The first kappa shape index (κ1) is 12.5. The molecular formula is C11H18BrN3. The summed E-state index contributed by atoms with van der Waals surface area (Å²) in [6.07, 6.45) is 0. The lowest BCUT2D eigenvalue weighted by atomic mass is 10.3. The third-order valence-electron chi connectivity index (χ3n) is 2.36. The Bertz CT molecular complexity index is 315. The van der Waals surface area contributed by atoms with Gasteiger partial charge in [0.15, 0.2) is 0 Å². The SMILES string of the molecule is CCN(C)CCNc1ccc(Br)c(C)n1. The number of halogens is 1. The molecule has 0 fully saturated rings. The number of anilines is 1. The summed E-state index contributed by atoms with van der Waals surface area (Å²) in [6, 6.07) is 4.01. The van der Waals surface area contributed by atoms with Crippen LogP contribution in [0.15, 0.2) is 16.6 Å². The molecule has 0 saturated carbocycles. The van der Waals surface area contributed by atoms with Crippen LogP contribution in [0.2, 0.25) is 0 Å². The van der Waals surface area contributed by atoms with Gasteiger partial charge in [-0.1, -0.05) is 6.92 Å². The summed E-state index contributed by atoms with van der Waals surface area (Å²) in [6.45, 7) is 7.19. The van der Waals surface area contributed by atoms with E-state index < -0.39 is 0 Å². The number of hydrogen-bond acceptors (Lipinski definition) is 3. The predicted octanol–water partition coefficient (Wildman–Crippen LogP) is 2.52. The Morgan fingerprint density at radius 2 is 2.20 bits per heavy atom. The molecule has 0 bridgehead atoms. The molecule has 0 atom stereocenters. The molecule has 4 heteroatoms. The maximum Gasteiger partial charge on any atom is 0.126 e. The number of pyridine rings is 1. The number of hydrogen-bond donors (Lipinski definition) is 1. The summed E-state index contributed by atoms with van der Waals surface area (Å²) in [4.78, 5) is 6.68. The van der Waals surface area contributed by atoms with Crippen LogP contribution in [0.25, 0.3) is 0 Å². The second-order valence-electron chi connectivity index (χ2n) is 3.59. The lowest BCUT2D eigenvalue weighted by molar-refractivity contribution is 0.367. The highest BCUT2D eigenvalue weighted by Crippen LogP contribution is 2.15. The number of nitrogens with zero attached hydrogens (tertiary/aromatic N) is 2. The molecule has 0 aliphatic carbocycles. The molecule has 84 valence electrons. The van der Waals surface area contributed by atoms with Gasteiger partial charge >= 0.3 is 0 Å². The third kappa shape index (κ3) is 4.18. The van der Waals surface area contributed by atoms with Gasteiger partial charge in [0.2, 0.25) is 0 Å². The van der Waals surface area contributed by atoms with E-state index in [9.17, 15) is 0 Å². The van der Waals surface area contributed by atoms with Crippen molar-refractivity contribution in [1.29, 1.82) is 0 Å². The number of aryl methyl sites for hydroxylation is 1. The number of rotatable bonds is 5. The Morgan fingerprint density at radius 3 is 2.80 bits per heavy atom. The minimum absolute atomic E-state index is 0.929. The van der Waals surface area contributed by atoms with Crippen LogP contribution in [0.3, 0.4) is 0 Å². The summed E-state index contributed by atoms with van der Waals surface area (Å²) in [5, 5.41) is 3.30. The van der Waals surface area contributed by atoms with Gasteiger partial charge in [0, 0.05) is 17.6 Å². The third-order valence-corrected chi connectivity index (χ3v) is 3.20. The van der Waals surface area contributed by atoms with Crippen molar-refractivity contribution >= 4 is 21.7 Å². The van der Waals surface area contributed by atoms with E-state index in [1.807, 2.05) is 19.1 Å². The van der Waals surface area contributed by atoms with Crippen molar-refractivity contribution in [3.05, 3.63) is 22.3 Å². The van der Waals surface area contributed by atoms with E-state index in [2.05, 4.69) is 45.1 Å². The second-order valence-corrected chi connectivity index (χ2v) is 4.44. The molecule has 1 aromatic rings. The first-order valence-electron chi connectivity index (χ1n) is 5.19. The Kier molecular flexibility index (Phi) is 5.05. The zero-order valence-electron chi connectivity index (χ0n) is 9.55. The summed E-state index contributed by atoms with van der Waals surface area (Å²) < 4.78 is 1.05. The zero-order valence-corrected chi connectivity index (χ0v) is 11.1. The molecule has 0 radical (unpaired) electrons. The summed E-state index contributed by atoms with van der Waals surface area (Å²) in [5.41, 5.74) is 1.02. The quantitative estimate of drug-likeness (QED) is 0.892. The van der Waals surface area contributed by atoms with Gasteiger partial charge in [-0.3, -0.25) is 0 Å². The molecule has 1 rings (SSSR count). The van der Waals surface area contributed by atoms with Gasteiger partial charge in [-0.15, -0.1) is 0 Å². The van der Waals surface area contributed by atoms with Gasteiger partial charge < -0.3 is 10.2 Å². The molecule has 0 aromatic carbocycles. The van der Waals surface area contributed by atoms with Crippen molar-refractivity contribution in [2.75, 3.05) is 32.0 Å². The molecule has 0 aliphatic rings. The van der Waals surface area contributed by atoms with Crippen LogP contribution < -0.4 is 5.32 Å². The number of likely N-dealkylation sites (N-methyl/N-ethyl adjacent to an activating group) is 1. The summed E-state index contributed by atoms with van der Waals surface area (Å²) in [5.74, 6) is 0.945. The highest BCUT2D eigenvalue weighted by atomic mass is 79.9. The fourth-order valence-corrected chi connectivity index (χ4v) is 1.40. The maximum absolute atomic E-state index is 4.42. The topological polar surface area (TPSA) is 28.2 Å². The Balaban J connectivity index is 2.41. The molecule has 1 aromatic heterocycles. The van der Waals surface area contributed by atoms with Crippen LogP contribution in [0, 0.1) is 6.92 Å². The van der Waals surface area contributed by atoms with E-state index in [1.54, 1.807) is 0 Å². The van der Waals surface area contributed by atoms with Gasteiger partial charge in [-0.05, 0) is 48.6 Å². The zero-order chi connectivity index (χ0) is 11.3. The van der Waals surface area contributed by atoms with Gasteiger partial charge in [-0.25, -0.2) is 4.98 Å². The minimum Gasteiger partial charge on any atom is -0.369 e. The Hall–Kier alpha value is -0.610. The maximum atomic E-state index is 4.42. The Labute approximate surface area is 100 Å².